The summed E-state index contributed by atoms with van der Waals surface area (Å²) in [6, 6.07) is 1.73. The number of hydrogen-bond donors (Lipinski definition) is 1. The van der Waals surface area contributed by atoms with Crippen molar-refractivity contribution in [3.05, 3.63) is 28.2 Å². The molecule has 5 atom stereocenters. The summed E-state index contributed by atoms with van der Waals surface area (Å²) in [4.78, 5) is 12.5. The van der Waals surface area contributed by atoms with Crippen LogP contribution in [0.2, 0.25) is 0 Å². The summed E-state index contributed by atoms with van der Waals surface area (Å²) in [7, 11) is 0. The van der Waals surface area contributed by atoms with E-state index in [2.05, 4.69) is 27.7 Å². The molecule has 0 unspecified atom stereocenters. The fourth-order valence-corrected chi connectivity index (χ4v) is 5.08. The van der Waals surface area contributed by atoms with Crippen molar-refractivity contribution in [2.75, 3.05) is 0 Å². The second-order valence-corrected chi connectivity index (χ2v) is 7.26. The average Bonchev–Trinajstić information content (AvgIpc) is 2.41. The van der Waals surface area contributed by atoms with E-state index < -0.39 is 0 Å². The highest BCUT2D eigenvalue weighted by molar-refractivity contribution is 5.39. The molecule has 1 aliphatic carbocycles. The molecule has 1 aromatic heterocycles. The van der Waals surface area contributed by atoms with Crippen molar-refractivity contribution in [2.45, 2.75) is 59.0 Å². The molecular weight excluding hydrogens is 266 g/mol. The maximum Gasteiger partial charge on any atom is 0.290 e. The highest BCUT2D eigenvalue weighted by Crippen LogP contribution is 2.58. The Morgan fingerprint density at radius 3 is 2.86 bits per heavy atom. The number of pyridine rings is 1. The molecule has 0 amide bonds. The lowest BCUT2D eigenvalue weighted by Crippen LogP contribution is -2.52. The van der Waals surface area contributed by atoms with E-state index >= 15 is 0 Å². The molecule has 1 saturated carbocycles. The van der Waals surface area contributed by atoms with E-state index in [4.69, 9.17) is 4.74 Å². The first-order valence-electron chi connectivity index (χ1n) is 8.00. The summed E-state index contributed by atoms with van der Waals surface area (Å²) in [5, 5.41) is 9.76. The number of rotatable bonds is 1. The zero-order valence-corrected chi connectivity index (χ0v) is 13.3. The van der Waals surface area contributed by atoms with Gasteiger partial charge in [0.1, 0.15) is 11.9 Å². The van der Waals surface area contributed by atoms with Gasteiger partial charge in [0.05, 0.1) is 11.8 Å². The molecule has 0 saturated heterocycles. The van der Waals surface area contributed by atoms with Crippen molar-refractivity contribution in [3.63, 3.8) is 0 Å². The molecule has 1 aliphatic heterocycles. The van der Waals surface area contributed by atoms with Gasteiger partial charge in [-0.05, 0) is 31.1 Å². The monoisotopic (exact) mass is 291 g/mol. The molecule has 2 aliphatic rings. The lowest BCUT2D eigenvalue weighted by molar-refractivity contribution is -0.0475. The van der Waals surface area contributed by atoms with Gasteiger partial charge in [-0.1, -0.05) is 27.7 Å². The van der Waals surface area contributed by atoms with Crippen LogP contribution in [0.25, 0.3) is 0 Å². The summed E-state index contributed by atoms with van der Waals surface area (Å²) in [5.41, 5.74) is 0.318. The fraction of sp³-hybridized carbons (Fsp3) is 0.706. The molecule has 116 valence electrons. The number of ether oxygens (including phenoxy) is 1. The summed E-state index contributed by atoms with van der Waals surface area (Å²) in [6.45, 7) is 8.92. The SMILES string of the molecule is CC[C@@H]1Oc2ccn(O)c(=O)c2[C@H]2[C@H](C)C[C@H](C)C[C@]12C. The molecule has 1 fully saturated rings. The Labute approximate surface area is 125 Å². The molecule has 0 radical (unpaired) electrons. The predicted octanol–water partition coefficient (Wildman–Crippen LogP) is 3.41. The second-order valence-electron chi connectivity index (χ2n) is 7.26. The summed E-state index contributed by atoms with van der Waals surface area (Å²) in [6.07, 6.45) is 4.64. The molecular formula is C17H25NO3. The molecule has 1 aromatic rings. The van der Waals surface area contributed by atoms with E-state index in [9.17, 15) is 10.0 Å². The minimum Gasteiger partial charge on any atom is -0.489 e. The lowest BCUT2D eigenvalue weighted by Gasteiger charge is -2.54. The van der Waals surface area contributed by atoms with Gasteiger partial charge < -0.3 is 9.94 Å². The van der Waals surface area contributed by atoms with Crippen LogP contribution in [-0.4, -0.2) is 16.0 Å². The van der Waals surface area contributed by atoms with Crippen molar-refractivity contribution in [1.82, 2.24) is 4.73 Å². The molecule has 0 aromatic carbocycles. The van der Waals surface area contributed by atoms with Crippen molar-refractivity contribution < 1.29 is 9.94 Å². The second kappa shape index (κ2) is 4.79. The van der Waals surface area contributed by atoms with Crippen molar-refractivity contribution >= 4 is 0 Å². The highest BCUT2D eigenvalue weighted by Gasteiger charge is 2.53. The summed E-state index contributed by atoms with van der Waals surface area (Å²) >= 11 is 0. The van der Waals surface area contributed by atoms with E-state index in [-0.39, 0.29) is 23.0 Å². The number of nitrogens with zero attached hydrogens (tertiary/aromatic N) is 1. The van der Waals surface area contributed by atoms with E-state index in [0.29, 0.717) is 27.9 Å². The van der Waals surface area contributed by atoms with Gasteiger partial charge in [0.15, 0.2) is 0 Å². The molecule has 3 rings (SSSR count). The Hall–Kier alpha value is -1.45. The number of hydrogen-bond acceptors (Lipinski definition) is 3. The topological polar surface area (TPSA) is 51.5 Å². The van der Waals surface area contributed by atoms with Crippen LogP contribution >= 0.6 is 0 Å². The maximum atomic E-state index is 12.5. The van der Waals surface area contributed by atoms with Crippen molar-refractivity contribution in [1.29, 1.82) is 0 Å². The first kappa shape index (κ1) is 14.5. The molecule has 0 bridgehead atoms. The molecule has 1 N–H and O–H groups in total. The smallest absolute Gasteiger partial charge is 0.290 e. The highest BCUT2D eigenvalue weighted by atomic mass is 16.5. The average molecular weight is 291 g/mol. The molecule has 0 spiro atoms. The summed E-state index contributed by atoms with van der Waals surface area (Å²) in [5.74, 6) is 1.89. The molecule has 4 heteroatoms. The Balaban J connectivity index is 2.22. The Morgan fingerprint density at radius 1 is 1.48 bits per heavy atom. The van der Waals surface area contributed by atoms with Crippen molar-refractivity contribution in [3.8, 4) is 5.75 Å². The van der Waals surface area contributed by atoms with E-state index in [0.717, 1.165) is 19.3 Å². The Kier molecular flexibility index (Phi) is 3.30. The van der Waals surface area contributed by atoms with Crippen LogP contribution in [0, 0.1) is 17.3 Å². The number of fused-ring (bicyclic) bond motifs is 3. The van der Waals surface area contributed by atoms with Crippen LogP contribution in [0.4, 0.5) is 0 Å². The zero-order chi connectivity index (χ0) is 15.4. The molecule has 4 nitrogen and oxygen atoms in total. The predicted molar refractivity (Wildman–Crippen MR) is 81.0 cm³/mol. The van der Waals surface area contributed by atoms with Crippen LogP contribution < -0.4 is 10.3 Å². The third-order valence-electron chi connectivity index (χ3n) is 5.60. The van der Waals surface area contributed by atoms with Crippen molar-refractivity contribution in [2.24, 2.45) is 17.3 Å². The van der Waals surface area contributed by atoms with Gasteiger partial charge in [-0.2, -0.15) is 4.73 Å². The quantitative estimate of drug-likeness (QED) is 0.807. The van der Waals surface area contributed by atoms with Gasteiger partial charge in [-0.15, -0.1) is 0 Å². The normalized spacial score (nSPS) is 38.3. The number of aromatic nitrogens is 1. The van der Waals surface area contributed by atoms with Gasteiger partial charge >= 0.3 is 0 Å². The minimum atomic E-state index is -0.320. The Bertz CT molecular complexity index is 609. The standard InChI is InChI=1S/C17H25NO3/c1-5-13-17(4)9-10(2)8-11(3)15(17)14-12(21-13)6-7-18(20)16(14)19/h6-7,10-11,13,15,20H,5,8-9H2,1-4H3/t10-,11+,13-,15+,17+/m0/s1. The van der Waals surface area contributed by atoms with Gasteiger partial charge in [-0.3, -0.25) is 4.79 Å². The maximum absolute atomic E-state index is 12.5. The first-order valence-corrected chi connectivity index (χ1v) is 8.00. The largest absolute Gasteiger partial charge is 0.489 e. The Morgan fingerprint density at radius 2 is 2.19 bits per heavy atom. The van der Waals surface area contributed by atoms with Crippen LogP contribution in [0.5, 0.6) is 5.75 Å². The van der Waals surface area contributed by atoms with E-state index in [1.54, 1.807) is 6.07 Å². The molecule has 2 heterocycles. The van der Waals surface area contributed by atoms with Gasteiger partial charge in [0.25, 0.3) is 5.56 Å². The minimum absolute atomic E-state index is 0.0354. The fourth-order valence-electron chi connectivity index (χ4n) is 5.08. The third kappa shape index (κ3) is 1.99. The summed E-state index contributed by atoms with van der Waals surface area (Å²) < 4.78 is 6.86. The van der Waals surface area contributed by atoms with Crippen LogP contribution in [-0.2, 0) is 0 Å². The van der Waals surface area contributed by atoms with E-state index in [1.165, 1.54) is 6.20 Å². The van der Waals surface area contributed by atoms with Gasteiger partial charge in [0.2, 0.25) is 0 Å². The first-order chi connectivity index (χ1) is 9.88. The van der Waals surface area contributed by atoms with E-state index in [1.807, 2.05) is 0 Å². The van der Waals surface area contributed by atoms with Crippen LogP contribution in [0.1, 0.15) is 58.4 Å². The zero-order valence-electron chi connectivity index (χ0n) is 13.3. The van der Waals surface area contributed by atoms with Crippen LogP contribution in [0.15, 0.2) is 17.1 Å². The van der Waals surface area contributed by atoms with Gasteiger partial charge in [0, 0.05) is 17.4 Å². The third-order valence-corrected chi connectivity index (χ3v) is 5.60. The van der Waals surface area contributed by atoms with Gasteiger partial charge in [-0.25, -0.2) is 0 Å². The molecule has 21 heavy (non-hydrogen) atoms. The van der Waals surface area contributed by atoms with Crippen LogP contribution in [0.3, 0.4) is 0 Å². The lowest BCUT2D eigenvalue weighted by atomic mass is 9.54.